The number of thiol groups is 2. The molecule has 8 heteroatoms. The molecule has 138 valence electrons. The Balaban J connectivity index is 1.59. The molecular formula is C18H22N4O2S2. The Bertz CT molecular complexity index is 728. The van der Waals surface area contributed by atoms with Gasteiger partial charge in [0.1, 0.15) is 0 Å². The Morgan fingerprint density at radius 3 is 2.08 bits per heavy atom. The topological polar surface area (TPSA) is 62.5 Å². The van der Waals surface area contributed by atoms with Crippen molar-refractivity contribution in [2.45, 2.75) is 4.71 Å². The van der Waals surface area contributed by atoms with E-state index in [1.165, 1.54) is 5.69 Å². The predicted octanol–water partition coefficient (Wildman–Crippen LogP) is 3.29. The molecule has 0 atom stereocenters. The first-order valence-electron chi connectivity index (χ1n) is 8.30. The van der Waals surface area contributed by atoms with Crippen molar-refractivity contribution in [1.29, 1.82) is 0 Å². The van der Waals surface area contributed by atoms with Crippen molar-refractivity contribution < 1.29 is 10.4 Å². The number of piperazine rings is 1. The zero-order valence-electron chi connectivity index (χ0n) is 14.2. The van der Waals surface area contributed by atoms with Gasteiger partial charge in [0.25, 0.3) is 0 Å². The van der Waals surface area contributed by atoms with Gasteiger partial charge in [0.15, 0.2) is 0 Å². The van der Waals surface area contributed by atoms with Crippen molar-refractivity contribution in [2.24, 2.45) is 4.99 Å². The van der Waals surface area contributed by atoms with Gasteiger partial charge < -0.3 is 4.90 Å². The first kappa shape index (κ1) is 19.1. The Kier molecular flexibility index (Phi) is 6.44. The summed E-state index contributed by atoms with van der Waals surface area (Å²) < 4.78 is 0.00244. The van der Waals surface area contributed by atoms with E-state index in [0.29, 0.717) is 0 Å². The molecule has 1 aliphatic rings. The third kappa shape index (κ3) is 4.93. The third-order valence-electron chi connectivity index (χ3n) is 4.34. The smallest absolute Gasteiger partial charge is 0.0970 e. The second kappa shape index (κ2) is 8.79. The number of anilines is 2. The van der Waals surface area contributed by atoms with Crippen LogP contribution in [0, 0.1) is 0 Å². The molecule has 1 heterocycles. The van der Waals surface area contributed by atoms with Crippen molar-refractivity contribution in [2.75, 3.05) is 36.3 Å². The summed E-state index contributed by atoms with van der Waals surface area (Å²) in [6, 6.07) is 14.9. The van der Waals surface area contributed by atoms with E-state index in [1.54, 1.807) is 30.5 Å². The van der Waals surface area contributed by atoms with Crippen LogP contribution in [0.3, 0.4) is 0 Å². The minimum atomic E-state index is 0.00244. The summed E-state index contributed by atoms with van der Waals surface area (Å²) in [5, 5.41) is 17.9. The van der Waals surface area contributed by atoms with Crippen molar-refractivity contribution in [3.8, 4) is 0 Å². The van der Waals surface area contributed by atoms with E-state index in [-0.39, 0.29) is 15.6 Å². The lowest BCUT2D eigenvalue weighted by atomic mass is 10.2. The molecule has 0 spiro atoms. The molecule has 0 bridgehead atoms. The van der Waals surface area contributed by atoms with Crippen LogP contribution in [0.5, 0.6) is 0 Å². The molecule has 0 amide bonds. The second-order valence-corrected chi connectivity index (χ2v) is 7.41. The molecule has 0 radical (unpaired) electrons. The minimum absolute atomic E-state index is 0.00244. The van der Waals surface area contributed by atoms with Gasteiger partial charge in [-0.1, -0.05) is 12.1 Å². The molecule has 0 unspecified atom stereocenters. The number of rotatable bonds is 5. The van der Waals surface area contributed by atoms with Gasteiger partial charge in [-0.05, 0) is 42.0 Å². The Labute approximate surface area is 164 Å². The first-order chi connectivity index (χ1) is 12.5. The molecule has 2 aromatic carbocycles. The lowest BCUT2D eigenvalue weighted by Crippen LogP contribution is -2.47. The molecule has 0 aromatic heterocycles. The molecule has 0 aliphatic carbocycles. The molecule has 1 aliphatic heterocycles. The number of hydrogen-bond donors (Lipinski definition) is 4. The van der Waals surface area contributed by atoms with Gasteiger partial charge in [-0.25, -0.2) is 0 Å². The fourth-order valence-corrected chi connectivity index (χ4v) is 3.27. The highest BCUT2D eigenvalue weighted by Crippen LogP contribution is 2.20. The number of benzene rings is 2. The molecular weight excluding hydrogens is 368 g/mol. The zero-order chi connectivity index (χ0) is 18.5. The van der Waals surface area contributed by atoms with E-state index in [2.05, 4.69) is 52.2 Å². The van der Waals surface area contributed by atoms with Crippen LogP contribution in [0.4, 0.5) is 17.1 Å². The van der Waals surface area contributed by atoms with E-state index in [4.69, 9.17) is 10.4 Å². The van der Waals surface area contributed by atoms with Gasteiger partial charge in [0.05, 0.1) is 16.1 Å². The fraction of sp³-hybridized carbons (Fsp3) is 0.278. The normalized spacial score (nSPS) is 15.8. The maximum absolute atomic E-state index is 8.93. The van der Waals surface area contributed by atoms with Gasteiger partial charge in [-0.3, -0.25) is 20.3 Å². The molecule has 3 rings (SSSR count). The summed E-state index contributed by atoms with van der Waals surface area (Å²) in [5.41, 5.74) is 3.24. The van der Waals surface area contributed by atoms with Crippen LogP contribution in [-0.4, -0.2) is 52.4 Å². The maximum atomic E-state index is 8.93. The highest BCUT2D eigenvalue weighted by Gasteiger charge is 2.19. The fourth-order valence-electron chi connectivity index (χ4n) is 2.80. The van der Waals surface area contributed by atoms with Crippen molar-refractivity contribution in [1.82, 2.24) is 4.90 Å². The van der Waals surface area contributed by atoms with Gasteiger partial charge in [-0.2, -0.15) is 0 Å². The van der Waals surface area contributed by atoms with E-state index < -0.39 is 0 Å². The summed E-state index contributed by atoms with van der Waals surface area (Å²) in [6.07, 6.45) is 1.79. The average Bonchev–Trinajstić information content (AvgIpc) is 2.67. The highest BCUT2D eigenvalue weighted by molar-refractivity contribution is 7.99. The van der Waals surface area contributed by atoms with Gasteiger partial charge >= 0.3 is 0 Å². The van der Waals surface area contributed by atoms with Crippen LogP contribution in [0.15, 0.2) is 53.5 Å². The van der Waals surface area contributed by atoms with Crippen LogP contribution in [0.2, 0.25) is 0 Å². The zero-order valence-corrected chi connectivity index (χ0v) is 16.0. The van der Waals surface area contributed by atoms with Gasteiger partial charge in [0, 0.05) is 38.1 Å². The van der Waals surface area contributed by atoms with Crippen molar-refractivity contribution >= 4 is 48.5 Å². The van der Waals surface area contributed by atoms with Gasteiger partial charge in [-0.15, -0.1) is 30.5 Å². The van der Waals surface area contributed by atoms with Crippen LogP contribution in [0.1, 0.15) is 5.56 Å². The first-order valence-corrected chi connectivity index (χ1v) is 9.33. The van der Waals surface area contributed by atoms with Crippen molar-refractivity contribution in [3.05, 3.63) is 54.1 Å². The van der Waals surface area contributed by atoms with E-state index in [1.807, 2.05) is 12.1 Å². The van der Waals surface area contributed by atoms with Gasteiger partial charge in [0.2, 0.25) is 0 Å². The van der Waals surface area contributed by atoms with E-state index >= 15 is 0 Å². The molecule has 6 nitrogen and oxygen atoms in total. The average molecular weight is 391 g/mol. The molecule has 26 heavy (non-hydrogen) atoms. The van der Waals surface area contributed by atoms with Crippen molar-refractivity contribution in [3.63, 3.8) is 0 Å². The monoisotopic (exact) mass is 390 g/mol. The summed E-state index contributed by atoms with van der Waals surface area (Å²) in [7, 11) is 0. The summed E-state index contributed by atoms with van der Waals surface area (Å²) >= 11 is 8.74. The SMILES string of the molecule is ON(O)c1ccc(N=Cc2ccc(N3CCN(C(S)S)CC3)cc2)cc1. The van der Waals surface area contributed by atoms with Crippen LogP contribution in [0.25, 0.3) is 0 Å². The summed E-state index contributed by atoms with van der Waals surface area (Å²) in [5.74, 6) is 0. The number of aliphatic imine (C=N–C) groups is 1. The Hall–Kier alpha value is -1.71. The molecule has 2 N–H and O–H groups in total. The highest BCUT2D eigenvalue weighted by atomic mass is 32.2. The summed E-state index contributed by atoms with van der Waals surface area (Å²) in [6.45, 7) is 3.83. The predicted molar refractivity (Wildman–Crippen MR) is 112 cm³/mol. The molecule has 1 fully saturated rings. The van der Waals surface area contributed by atoms with Crippen LogP contribution in [-0.2, 0) is 0 Å². The van der Waals surface area contributed by atoms with Crippen LogP contribution >= 0.6 is 25.3 Å². The lowest BCUT2D eigenvalue weighted by Gasteiger charge is -2.37. The second-order valence-electron chi connectivity index (χ2n) is 6.02. The Morgan fingerprint density at radius 2 is 1.54 bits per heavy atom. The largest absolute Gasteiger partial charge is 0.369 e. The molecule has 1 saturated heterocycles. The lowest BCUT2D eigenvalue weighted by molar-refractivity contribution is 0.0292. The Morgan fingerprint density at radius 1 is 0.923 bits per heavy atom. The van der Waals surface area contributed by atoms with Crippen LogP contribution < -0.4 is 10.1 Å². The standard InChI is InChI=1S/C18H22N4O2S2/c23-22(24)17-7-3-15(4-8-17)19-13-14-1-5-16(6-2-14)20-9-11-21(12-10-20)18(25)26/h1-8,13,18,23-26H,9-12H2. The number of nitrogens with zero attached hydrogens (tertiary/aromatic N) is 4. The minimum Gasteiger partial charge on any atom is -0.369 e. The third-order valence-corrected chi connectivity index (χ3v) is 5.00. The number of hydrogen-bond acceptors (Lipinski definition) is 8. The quantitative estimate of drug-likeness (QED) is 0.273. The summed E-state index contributed by atoms with van der Waals surface area (Å²) in [4.78, 5) is 9.00. The molecule has 0 saturated carbocycles. The maximum Gasteiger partial charge on any atom is 0.0970 e. The van der Waals surface area contributed by atoms with E-state index in [0.717, 1.165) is 37.4 Å². The van der Waals surface area contributed by atoms with E-state index in [9.17, 15) is 0 Å². The molecule has 2 aromatic rings.